The van der Waals surface area contributed by atoms with Crippen LogP contribution in [0.1, 0.15) is 39.2 Å². The Morgan fingerprint density at radius 3 is 2.20 bits per heavy atom. The molecule has 20 heavy (non-hydrogen) atoms. The number of carbonyl (C=O) groups is 3. The molecule has 0 aliphatic heterocycles. The summed E-state index contributed by atoms with van der Waals surface area (Å²) in [6.07, 6.45) is 0.377. The van der Waals surface area contributed by atoms with E-state index in [1.54, 1.807) is 0 Å². The van der Waals surface area contributed by atoms with E-state index in [2.05, 4.69) is 0 Å². The van der Waals surface area contributed by atoms with E-state index in [-0.39, 0.29) is 31.0 Å². The van der Waals surface area contributed by atoms with Gasteiger partial charge in [0.05, 0.1) is 0 Å². The Balaban J connectivity index is 2.69. The minimum atomic E-state index is -1.25. The van der Waals surface area contributed by atoms with Crippen LogP contribution in [0.3, 0.4) is 0 Å². The number of esters is 1. The maximum atomic E-state index is 12.1. The first-order chi connectivity index (χ1) is 9.36. The molecule has 4 nitrogen and oxygen atoms in total. The molecule has 0 aromatic heterocycles. The molecule has 1 atom stereocenters. The molecular weight excluding hydrogens is 256 g/mol. The second-order valence-electron chi connectivity index (χ2n) is 5.15. The molecule has 4 heteroatoms. The molecule has 1 rings (SSSR count). The van der Waals surface area contributed by atoms with E-state index in [1.165, 1.54) is 20.8 Å². The highest BCUT2D eigenvalue weighted by Gasteiger charge is 2.39. The van der Waals surface area contributed by atoms with Crippen molar-refractivity contribution in [3.63, 3.8) is 0 Å². The lowest BCUT2D eigenvalue weighted by Gasteiger charge is -2.24. The Kier molecular flexibility index (Phi) is 5.62. The zero-order chi connectivity index (χ0) is 15.2. The SMILES string of the molecule is CC(=O)CC[C@@](C)(C(C)=O)C(=O)OCc1ccccc1. The summed E-state index contributed by atoms with van der Waals surface area (Å²) in [6, 6.07) is 9.26. The van der Waals surface area contributed by atoms with Crippen LogP contribution >= 0.6 is 0 Å². The smallest absolute Gasteiger partial charge is 0.319 e. The number of hydrogen-bond donors (Lipinski definition) is 0. The maximum absolute atomic E-state index is 12.1. The van der Waals surface area contributed by atoms with Crippen molar-refractivity contribution in [3.05, 3.63) is 35.9 Å². The third-order valence-electron chi connectivity index (χ3n) is 3.42. The first-order valence-electron chi connectivity index (χ1n) is 6.58. The number of ketones is 2. The van der Waals surface area contributed by atoms with Crippen LogP contribution in [0.4, 0.5) is 0 Å². The van der Waals surface area contributed by atoms with Crippen LogP contribution in [0.25, 0.3) is 0 Å². The Morgan fingerprint density at radius 2 is 1.70 bits per heavy atom. The largest absolute Gasteiger partial charge is 0.460 e. The molecule has 0 aliphatic rings. The maximum Gasteiger partial charge on any atom is 0.319 e. The van der Waals surface area contributed by atoms with E-state index in [1.807, 2.05) is 30.3 Å². The zero-order valence-electron chi connectivity index (χ0n) is 12.1. The third-order valence-corrected chi connectivity index (χ3v) is 3.42. The molecule has 0 fully saturated rings. The number of carbonyl (C=O) groups excluding carboxylic acids is 3. The van der Waals surface area contributed by atoms with E-state index in [0.717, 1.165) is 5.56 Å². The fourth-order valence-electron chi connectivity index (χ4n) is 1.73. The number of Topliss-reactive ketones (excluding diaryl/α,β-unsaturated/α-hetero) is 2. The molecular formula is C16H20O4. The zero-order valence-corrected chi connectivity index (χ0v) is 12.1. The van der Waals surface area contributed by atoms with Gasteiger partial charge in [0.1, 0.15) is 23.6 Å². The van der Waals surface area contributed by atoms with Gasteiger partial charge in [-0.15, -0.1) is 0 Å². The van der Waals surface area contributed by atoms with Gasteiger partial charge in [-0.1, -0.05) is 30.3 Å². The average molecular weight is 276 g/mol. The van der Waals surface area contributed by atoms with Gasteiger partial charge in [0.15, 0.2) is 0 Å². The summed E-state index contributed by atoms with van der Waals surface area (Å²) in [7, 11) is 0. The van der Waals surface area contributed by atoms with Crippen molar-refractivity contribution >= 4 is 17.5 Å². The summed E-state index contributed by atoms with van der Waals surface area (Å²) in [4.78, 5) is 34.9. The molecule has 1 aromatic rings. The highest BCUT2D eigenvalue weighted by Crippen LogP contribution is 2.27. The Labute approximate surface area is 119 Å². The Hall–Kier alpha value is -1.97. The molecule has 1 aromatic carbocycles. The predicted molar refractivity (Wildman–Crippen MR) is 74.9 cm³/mol. The van der Waals surface area contributed by atoms with Crippen molar-refractivity contribution in [1.29, 1.82) is 0 Å². The Morgan fingerprint density at radius 1 is 1.10 bits per heavy atom. The van der Waals surface area contributed by atoms with Crippen LogP contribution in [-0.2, 0) is 25.7 Å². The van der Waals surface area contributed by atoms with Crippen molar-refractivity contribution < 1.29 is 19.1 Å². The van der Waals surface area contributed by atoms with Crippen molar-refractivity contribution in [2.75, 3.05) is 0 Å². The molecule has 0 saturated carbocycles. The molecule has 0 unspecified atom stereocenters. The van der Waals surface area contributed by atoms with Gasteiger partial charge in [-0.3, -0.25) is 9.59 Å². The first kappa shape index (κ1) is 16.1. The first-order valence-corrected chi connectivity index (χ1v) is 6.58. The van der Waals surface area contributed by atoms with E-state index in [9.17, 15) is 14.4 Å². The molecule has 0 radical (unpaired) electrons. The van der Waals surface area contributed by atoms with E-state index >= 15 is 0 Å². The lowest BCUT2D eigenvalue weighted by molar-refractivity contribution is -0.160. The molecule has 0 saturated heterocycles. The van der Waals surface area contributed by atoms with Gasteiger partial charge >= 0.3 is 5.97 Å². The van der Waals surface area contributed by atoms with E-state index < -0.39 is 11.4 Å². The van der Waals surface area contributed by atoms with Crippen molar-refractivity contribution in [1.82, 2.24) is 0 Å². The minimum Gasteiger partial charge on any atom is -0.460 e. The highest BCUT2D eigenvalue weighted by molar-refractivity contribution is 6.02. The van der Waals surface area contributed by atoms with E-state index in [0.29, 0.717) is 0 Å². The van der Waals surface area contributed by atoms with Crippen LogP contribution in [0.5, 0.6) is 0 Å². The quantitative estimate of drug-likeness (QED) is 0.567. The van der Waals surface area contributed by atoms with Gasteiger partial charge < -0.3 is 9.53 Å². The summed E-state index contributed by atoms with van der Waals surface area (Å²) in [5.41, 5.74) is -0.390. The Bertz CT molecular complexity index is 492. The normalized spacial score (nSPS) is 13.3. The molecule has 0 aliphatic carbocycles. The fourth-order valence-corrected chi connectivity index (χ4v) is 1.73. The lowest BCUT2D eigenvalue weighted by Crippen LogP contribution is -2.37. The second kappa shape index (κ2) is 6.98. The average Bonchev–Trinajstić information content (AvgIpc) is 2.42. The molecule has 0 spiro atoms. The summed E-state index contributed by atoms with van der Waals surface area (Å²) >= 11 is 0. The molecule has 0 heterocycles. The van der Waals surface area contributed by atoms with Gasteiger partial charge in [0.25, 0.3) is 0 Å². The van der Waals surface area contributed by atoms with Gasteiger partial charge in [-0.2, -0.15) is 0 Å². The molecule has 0 amide bonds. The summed E-state index contributed by atoms with van der Waals surface area (Å²) < 4.78 is 5.22. The highest BCUT2D eigenvalue weighted by atomic mass is 16.5. The lowest BCUT2D eigenvalue weighted by atomic mass is 9.81. The van der Waals surface area contributed by atoms with Crippen LogP contribution in [0.15, 0.2) is 30.3 Å². The van der Waals surface area contributed by atoms with Gasteiger partial charge in [0, 0.05) is 6.42 Å². The number of rotatable bonds is 7. The topological polar surface area (TPSA) is 60.4 Å². The molecule has 108 valence electrons. The number of ether oxygens (including phenoxy) is 1. The summed E-state index contributed by atoms with van der Waals surface area (Å²) in [5.74, 6) is -0.903. The molecule has 0 bridgehead atoms. The van der Waals surface area contributed by atoms with Crippen molar-refractivity contribution in [2.45, 2.75) is 40.2 Å². The van der Waals surface area contributed by atoms with Crippen molar-refractivity contribution in [3.8, 4) is 0 Å². The number of hydrogen-bond acceptors (Lipinski definition) is 4. The monoisotopic (exact) mass is 276 g/mol. The third kappa shape index (κ3) is 4.30. The predicted octanol–water partition coefficient (Wildman–Crippen LogP) is 2.69. The van der Waals surface area contributed by atoms with Gasteiger partial charge in [0.2, 0.25) is 0 Å². The van der Waals surface area contributed by atoms with Crippen LogP contribution in [0, 0.1) is 5.41 Å². The second-order valence-corrected chi connectivity index (χ2v) is 5.15. The standard InChI is InChI=1S/C16H20O4/c1-12(17)9-10-16(3,13(2)18)15(19)20-11-14-7-5-4-6-8-14/h4-8H,9-11H2,1-3H3/t16-/m0/s1. The van der Waals surface area contributed by atoms with Crippen LogP contribution in [0.2, 0.25) is 0 Å². The summed E-state index contributed by atoms with van der Waals surface area (Å²) in [6.45, 7) is 4.45. The van der Waals surface area contributed by atoms with Crippen LogP contribution in [-0.4, -0.2) is 17.5 Å². The van der Waals surface area contributed by atoms with Crippen molar-refractivity contribution in [2.24, 2.45) is 5.41 Å². The van der Waals surface area contributed by atoms with Crippen LogP contribution < -0.4 is 0 Å². The molecule has 0 N–H and O–H groups in total. The number of benzene rings is 1. The van der Waals surface area contributed by atoms with E-state index in [4.69, 9.17) is 4.74 Å². The van der Waals surface area contributed by atoms with Gasteiger partial charge in [-0.05, 0) is 32.8 Å². The fraction of sp³-hybridized carbons (Fsp3) is 0.438. The summed E-state index contributed by atoms with van der Waals surface area (Å²) in [5, 5.41) is 0. The van der Waals surface area contributed by atoms with Gasteiger partial charge in [-0.25, -0.2) is 0 Å². The minimum absolute atomic E-state index is 0.0478.